The number of ether oxygens (including phenoxy) is 1. The molecule has 3 rings (SSSR count). The highest BCUT2D eigenvalue weighted by Crippen LogP contribution is 2.27. The first-order valence-electron chi connectivity index (χ1n) is 7.86. The topological polar surface area (TPSA) is 75.7 Å². The minimum Gasteiger partial charge on any atom is -0.496 e. The van der Waals surface area contributed by atoms with Gasteiger partial charge in [0.25, 0.3) is 11.8 Å². The Morgan fingerprint density at radius 2 is 1.85 bits per heavy atom. The second-order valence-corrected chi connectivity index (χ2v) is 6.58. The summed E-state index contributed by atoms with van der Waals surface area (Å²) in [6, 6.07) is 9.64. The molecule has 138 valence electrons. The maximum atomic E-state index is 13.0. The summed E-state index contributed by atoms with van der Waals surface area (Å²) in [6.07, 6.45) is 1.39. The predicted octanol–water partition coefficient (Wildman–Crippen LogP) is 3.26. The maximum Gasteiger partial charge on any atom is 0.331 e. The Labute approximate surface area is 162 Å². The van der Waals surface area contributed by atoms with Gasteiger partial charge in [-0.2, -0.15) is 0 Å². The van der Waals surface area contributed by atoms with Crippen molar-refractivity contribution in [3.63, 3.8) is 0 Å². The molecule has 1 N–H and O–H groups in total. The van der Waals surface area contributed by atoms with E-state index in [1.54, 1.807) is 18.2 Å². The normalized spacial score (nSPS) is 15.9. The van der Waals surface area contributed by atoms with Crippen LogP contribution in [0, 0.1) is 5.82 Å². The zero-order valence-electron chi connectivity index (χ0n) is 14.2. The molecule has 1 saturated heterocycles. The molecule has 27 heavy (non-hydrogen) atoms. The molecule has 0 atom stereocenters. The minimum atomic E-state index is -0.817. The van der Waals surface area contributed by atoms with Gasteiger partial charge in [-0.05, 0) is 57.4 Å². The molecule has 4 amide bonds. The van der Waals surface area contributed by atoms with Crippen LogP contribution in [0.25, 0.3) is 6.08 Å². The van der Waals surface area contributed by atoms with Gasteiger partial charge in [-0.3, -0.25) is 19.8 Å². The third kappa shape index (κ3) is 4.06. The number of barbiturate groups is 1. The highest BCUT2D eigenvalue weighted by atomic mass is 79.9. The van der Waals surface area contributed by atoms with E-state index >= 15 is 0 Å². The third-order valence-electron chi connectivity index (χ3n) is 3.93. The second kappa shape index (κ2) is 7.71. The maximum absolute atomic E-state index is 13.0. The average molecular weight is 433 g/mol. The molecule has 1 heterocycles. The van der Waals surface area contributed by atoms with E-state index in [9.17, 15) is 18.8 Å². The van der Waals surface area contributed by atoms with Crippen molar-refractivity contribution in [1.82, 2.24) is 10.2 Å². The number of nitrogens with zero attached hydrogens (tertiary/aromatic N) is 1. The molecule has 1 fully saturated rings. The van der Waals surface area contributed by atoms with E-state index in [-0.39, 0.29) is 12.1 Å². The zero-order chi connectivity index (χ0) is 19.6. The van der Waals surface area contributed by atoms with Gasteiger partial charge in [0.05, 0.1) is 18.1 Å². The van der Waals surface area contributed by atoms with E-state index in [1.807, 2.05) is 0 Å². The van der Waals surface area contributed by atoms with E-state index in [4.69, 9.17) is 4.74 Å². The molecular formula is C19H14BrFN2O4. The average Bonchev–Trinajstić information content (AvgIpc) is 2.64. The van der Waals surface area contributed by atoms with Crippen LogP contribution in [-0.2, 0) is 16.1 Å². The number of rotatable bonds is 4. The minimum absolute atomic E-state index is 0.0815. The third-order valence-corrected chi connectivity index (χ3v) is 4.55. The standard InChI is InChI=1S/C19H14BrFN2O4/c1-27-16-7-4-12(9-15(16)20)8-14-17(24)22-19(26)23(18(14)25)10-11-2-5-13(21)6-3-11/h2-9H,10H2,1H3,(H,22,24,26). The Hall–Kier alpha value is -3.00. The molecule has 0 unspecified atom stereocenters. The predicted molar refractivity (Wildman–Crippen MR) is 99.2 cm³/mol. The van der Waals surface area contributed by atoms with E-state index < -0.39 is 23.7 Å². The fourth-order valence-corrected chi connectivity index (χ4v) is 3.11. The number of hydrogen-bond acceptors (Lipinski definition) is 4. The molecule has 2 aromatic rings. The number of carbonyl (C=O) groups excluding carboxylic acids is 3. The zero-order valence-corrected chi connectivity index (χ0v) is 15.7. The Morgan fingerprint density at radius 3 is 2.48 bits per heavy atom. The van der Waals surface area contributed by atoms with Crippen molar-refractivity contribution in [3.05, 3.63) is 69.5 Å². The van der Waals surface area contributed by atoms with Crippen LogP contribution in [-0.4, -0.2) is 29.9 Å². The van der Waals surface area contributed by atoms with Crippen molar-refractivity contribution in [3.8, 4) is 5.75 Å². The number of hydrogen-bond donors (Lipinski definition) is 1. The number of carbonyl (C=O) groups is 3. The molecule has 0 bridgehead atoms. The molecule has 1 aliphatic rings. The van der Waals surface area contributed by atoms with Gasteiger partial charge in [-0.15, -0.1) is 0 Å². The highest BCUT2D eigenvalue weighted by molar-refractivity contribution is 9.10. The Balaban J connectivity index is 1.89. The van der Waals surface area contributed by atoms with E-state index in [0.717, 1.165) is 4.90 Å². The lowest BCUT2D eigenvalue weighted by molar-refractivity contribution is -0.130. The first kappa shape index (κ1) is 18.8. The fourth-order valence-electron chi connectivity index (χ4n) is 2.55. The number of benzene rings is 2. The van der Waals surface area contributed by atoms with Crippen molar-refractivity contribution in [2.75, 3.05) is 7.11 Å². The quantitative estimate of drug-likeness (QED) is 0.594. The Kier molecular flexibility index (Phi) is 5.36. The molecular weight excluding hydrogens is 419 g/mol. The van der Waals surface area contributed by atoms with Gasteiger partial charge in [0.15, 0.2) is 0 Å². The van der Waals surface area contributed by atoms with Crippen LogP contribution < -0.4 is 10.1 Å². The van der Waals surface area contributed by atoms with Crippen molar-refractivity contribution in [2.24, 2.45) is 0 Å². The van der Waals surface area contributed by atoms with Gasteiger partial charge in [-0.1, -0.05) is 18.2 Å². The van der Waals surface area contributed by atoms with Gasteiger partial charge in [0.1, 0.15) is 17.1 Å². The van der Waals surface area contributed by atoms with Crippen LogP contribution in [0.5, 0.6) is 5.75 Å². The van der Waals surface area contributed by atoms with Gasteiger partial charge in [0, 0.05) is 0 Å². The number of urea groups is 1. The molecule has 0 aliphatic carbocycles. The Bertz CT molecular complexity index is 957. The summed E-state index contributed by atoms with van der Waals surface area (Å²) < 4.78 is 18.8. The molecule has 0 radical (unpaired) electrons. The lowest BCUT2D eigenvalue weighted by atomic mass is 10.1. The fraction of sp³-hybridized carbons (Fsp3) is 0.105. The van der Waals surface area contributed by atoms with E-state index in [0.29, 0.717) is 21.3 Å². The van der Waals surface area contributed by atoms with Crippen LogP contribution in [0.4, 0.5) is 9.18 Å². The summed E-state index contributed by atoms with van der Waals surface area (Å²) in [7, 11) is 1.52. The van der Waals surface area contributed by atoms with Crippen molar-refractivity contribution >= 4 is 39.9 Å². The van der Waals surface area contributed by atoms with Crippen LogP contribution in [0.15, 0.2) is 52.5 Å². The van der Waals surface area contributed by atoms with Gasteiger partial charge < -0.3 is 4.74 Å². The number of nitrogens with one attached hydrogen (secondary N) is 1. The van der Waals surface area contributed by atoms with Crippen molar-refractivity contribution < 1.29 is 23.5 Å². The SMILES string of the molecule is COc1ccc(C=C2C(=O)NC(=O)N(Cc3ccc(F)cc3)C2=O)cc1Br. The number of halogens is 2. The summed E-state index contributed by atoms with van der Waals surface area (Å²) in [5.74, 6) is -1.31. The first-order chi connectivity index (χ1) is 12.9. The highest BCUT2D eigenvalue weighted by Gasteiger charge is 2.35. The van der Waals surface area contributed by atoms with E-state index in [1.165, 1.54) is 37.5 Å². The molecule has 0 aromatic heterocycles. The van der Waals surface area contributed by atoms with Crippen molar-refractivity contribution in [1.29, 1.82) is 0 Å². The molecule has 0 saturated carbocycles. The lowest BCUT2D eigenvalue weighted by Gasteiger charge is -2.26. The van der Waals surface area contributed by atoms with Crippen LogP contribution in [0.2, 0.25) is 0 Å². The second-order valence-electron chi connectivity index (χ2n) is 5.73. The number of imide groups is 2. The van der Waals surface area contributed by atoms with Gasteiger partial charge >= 0.3 is 6.03 Å². The molecule has 2 aromatic carbocycles. The largest absolute Gasteiger partial charge is 0.496 e. The summed E-state index contributed by atoms with van der Waals surface area (Å²) in [5, 5.41) is 2.15. The lowest BCUT2D eigenvalue weighted by Crippen LogP contribution is -2.53. The van der Waals surface area contributed by atoms with Crippen LogP contribution in [0.1, 0.15) is 11.1 Å². The van der Waals surface area contributed by atoms with E-state index in [2.05, 4.69) is 21.2 Å². The summed E-state index contributed by atoms with van der Waals surface area (Å²) in [4.78, 5) is 37.8. The number of methoxy groups -OCH3 is 1. The van der Waals surface area contributed by atoms with Gasteiger partial charge in [-0.25, -0.2) is 9.18 Å². The Morgan fingerprint density at radius 1 is 1.15 bits per heavy atom. The first-order valence-corrected chi connectivity index (χ1v) is 8.65. The van der Waals surface area contributed by atoms with Crippen molar-refractivity contribution in [2.45, 2.75) is 6.54 Å². The molecule has 8 heteroatoms. The van der Waals surface area contributed by atoms with Crippen LogP contribution in [0.3, 0.4) is 0 Å². The molecule has 6 nitrogen and oxygen atoms in total. The van der Waals surface area contributed by atoms with Gasteiger partial charge in [0.2, 0.25) is 0 Å². The van der Waals surface area contributed by atoms with Crippen LogP contribution >= 0.6 is 15.9 Å². The summed E-state index contributed by atoms with van der Waals surface area (Å²) in [6.45, 7) is -0.0815. The summed E-state index contributed by atoms with van der Waals surface area (Å²) >= 11 is 3.34. The number of amides is 4. The molecule has 1 aliphatic heterocycles. The summed E-state index contributed by atoms with van der Waals surface area (Å²) in [5.41, 5.74) is 0.965. The monoisotopic (exact) mass is 432 g/mol. The smallest absolute Gasteiger partial charge is 0.331 e. The molecule has 0 spiro atoms.